The van der Waals surface area contributed by atoms with Crippen LogP contribution >= 0.6 is 22.6 Å². The number of hydrogen-bond donors (Lipinski definition) is 2. The highest BCUT2D eigenvalue weighted by molar-refractivity contribution is 14.1. The summed E-state index contributed by atoms with van der Waals surface area (Å²) < 4.78 is 7.87. The van der Waals surface area contributed by atoms with Crippen LogP contribution in [0, 0.1) is 9.11 Å². The van der Waals surface area contributed by atoms with Crippen molar-refractivity contribution in [3.63, 3.8) is 0 Å². The monoisotopic (exact) mass is 346 g/mol. The van der Waals surface area contributed by atoms with Crippen LogP contribution in [0.3, 0.4) is 0 Å². The summed E-state index contributed by atoms with van der Waals surface area (Å²) in [6.45, 7) is 1.51. The van der Waals surface area contributed by atoms with Gasteiger partial charge in [0.05, 0.1) is 19.3 Å². The highest BCUT2D eigenvalue weighted by atomic mass is 127. The van der Waals surface area contributed by atoms with Crippen molar-refractivity contribution >= 4 is 28.8 Å². The molecular weight excluding hydrogens is 331 g/mol. The van der Waals surface area contributed by atoms with Gasteiger partial charge < -0.3 is 15.5 Å². The lowest BCUT2D eigenvalue weighted by atomic mass is 10.1. The fraction of sp³-hybridized carbons (Fsp3) is 0.455. The van der Waals surface area contributed by atoms with E-state index in [0.717, 1.165) is 34.5 Å². The molecule has 0 spiro atoms. The van der Waals surface area contributed by atoms with E-state index >= 15 is 0 Å². The first kappa shape index (κ1) is 12.6. The summed E-state index contributed by atoms with van der Waals surface area (Å²) >= 11 is 2.22. The molecule has 1 aliphatic heterocycles. The predicted octanol–water partition coefficient (Wildman–Crippen LogP) is 1.09. The molecule has 1 aliphatic rings. The maximum absolute atomic E-state index is 7.41. The molecule has 0 saturated carbocycles. The Balaban J connectivity index is 1.98. The van der Waals surface area contributed by atoms with Crippen LogP contribution in [0.25, 0.3) is 0 Å². The van der Waals surface area contributed by atoms with Gasteiger partial charge in [-0.1, -0.05) is 0 Å². The van der Waals surface area contributed by atoms with Crippen molar-refractivity contribution < 1.29 is 4.74 Å². The molecule has 1 saturated heterocycles. The van der Waals surface area contributed by atoms with Crippen LogP contribution in [-0.4, -0.2) is 35.3 Å². The fourth-order valence-electron chi connectivity index (χ4n) is 1.55. The molecule has 2 N–H and O–H groups in total. The molecule has 0 aromatic carbocycles. The van der Waals surface area contributed by atoms with Crippen molar-refractivity contribution in [2.24, 2.45) is 7.05 Å². The highest BCUT2D eigenvalue weighted by Crippen LogP contribution is 2.13. The van der Waals surface area contributed by atoms with Gasteiger partial charge in [0.15, 0.2) is 0 Å². The van der Waals surface area contributed by atoms with Crippen molar-refractivity contribution in [1.82, 2.24) is 15.1 Å². The molecule has 2 rings (SSSR count). The molecular formula is C11H15IN4O. The molecule has 0 bridgehead atoms. The minimum absolute atomic E-state index is 0.401. The number of nitrogens with one attached hydrogen (secondary N) is 2. The van der Waals surface area contributed by atoms with Crippen molar-refractivity contribution in [2.45, 2.75) is 12.5 Å². The van der Waals surface area contributed by atoms with E-state index in [2.05, 4.69) is 33.0 Å². The average molecular weight is 346 g/mol. The number of allylic oxidation sites excluding steroid dienone is 1. The van der Waals surface area contributed by atoms with Gasteiger partial charge in [-0.25, -0.2) is 0 Å². The zero-order valence-corrected chi connectivity index (χ0v) is 11.8. The van der Waals surface area contributed by atoms with Gasteiger partial charge >= 0.3 is 0 Å². The second kappa shape index (κ2) is 5.63. The molecule has 0 unspecified atom stereocenters. The second-order valence-electron chi connectivity index (χ2n) is 4.06. The summed E-state index contributed by atoms with van der Waals surface area (Å²) in [5, 5.41) is 14.9. The first-order valence-corrected chi connectivity index (χ1v) is 6.48. The molecule has 1 aromatic rings. The normalized spacial score (nSPS) is 16.7. The molecule has 0 atom stereocenters. The standard InChI is InChI=1S/C11H15IN4O/c1-16-5-9(11(12)15-16)2-8(3-13)4-14-10-6-17-7-10/h3-5,10,13-14H,2,6-7H2,1H3/b8-4-,13-3?. The number of rotatable bonds is 5. The molecule has 1 fully saturated rings. The summed E-state index contributed by atoms with van der Waals surface area (Å²) in [6, 6.07) is 0.401. The van der Waals surface area contributed by atoms with E-state index in [0.29, 0.717) is 6.04 Å². The summed E-state index contributed by atoms with van der Waals surface area (Å²) in [6.07, 6.45) is 6.01. The minimum Gasteiger partial charge on any atom is -0.383 e. The average Bonchev–Trinajstić information content (AvgIpc) is 2.53. The Bertz CT molecular complexity index is 437. The Hall–Kier alpha value is -0.890. The Morgan fingerprint density at radius 2 is 2.53 bits per heavy atom. The molecule has 0 aliphatic carbocycles. The van der Waals surface area contributed by atoms with Crippen LogP contribution in [0.4, 0.5) is 0 Å². The fourth-order valence-corrected chi connectivity index (χ4v) is 2.22. The second-order valence-corrected chi connectivity index (χ2v) is 5.08. The van der Waals surface area contributed by atoms with Gasteiger partial charge in [-0.2, -0.15) is 5.10 Å². The number of ether oxygens (including phenoxy) is 1. The van der Waals surface area contributed by atoms with Gasteiger partial charge in [0, 0.05) is 37.6 Å². The Labute approximate surface area is 114 Å². The maximum atomic E-state index is 7.41. The molecule has 1 aromatic heterocycles. The van der Waals surface area contributed by atoms with E-state index in [1.54, 1.807) is 4.68 Å². The van der Waals surface area contributed by atoms with E-state index in [4.69, 9.17) is 10.1 Å². The molecule has 6 heteroatoms. The van der Waals surface area contributed by atoms with E-state index in [1.165, 1.54) is 6.21 Å². The van der Waals surface area contributed by atoms with E-state index in [-0.39, 0.29) is 0 Å². The predicted molar refractivity (Wildman–Crippen MR) is 74.2 cm³/mol. The van der Waals surface area contributed by atoms with Crippen LogP contribution in [0.5, 0.6) is 0 Å². The topological polar surface area (TPSA) is 62.9 Å². The van der Waals surface area contributed by atoms with Gasteiger partial charge in [-0.3, -0.25) is 4.68 Å². The Morgan fingerprint density at radius 3 is 3.00 bits per heavy atom. The minimum atomic E-state index is 0.401. The Kier molecular flexibility index (Phi) is 4.16. The number of aromatic nitrogens is 2. The summed E-state index contributed by atoms with van der Waals surface area (Å²) in [4.78, 5) is 0. The van der Waals surface area contributed by atoms with Gasteiger partial charge in [0.25, 0.3) is 0 Å². The van der Waals surface area contributed by atoms with Crippen molar-refractivity contribution in [3.8, 4) is 0 Å². The van der Waals surface area contributed by atoms with Gasteiger partial charge in [-0.15, -0.1) is 0 Å². The third kappa shape index (κ3) is 3.29. The van der Waals surface area contributed by atoms with Crippen molar-refractivity contribution in [1.29, 1.82) is 5.41 Å². The summed E-state index contributed by atoms with van der Waals surface area (Å²) in [5.74, 6) is 0. The maximum Gasteiger partial charge on any atom is 0.126 e. The molecule has 5 nitrogen and oxygen atoms in total. The van der Waals surface area contributed by atoms with Gasteiger partial charge in [0.2, 0.25) is 0 Å². The van der Waals surface area contributed by atoms with Crippen LogP contribution < -0.4 is 5.32 Å². The van der Waals surface area contributed by atoms with E-state index in [9.17, 15) is 0 Å². The molecule has 2 heterocycles. The smallest absolute Gasteiger partial charge is 0.126 e. The van der Waals surface area contributed by atoms with Crippen molar-refractivity contribution in [2.75, 3.05) is 13.2 Å². The summed E-state index contributed by atoms with van der Waals surface area (Å²) in [7, 11) is 1.91. The molecule has 0 amide bonds. The number of aryl methyl sites for hydroxylation is 1. The summed E-state index contributed by atoms with van der Waals surface area (Å²) in [5.41, 5.74) is 2.09. The molecule has 0 radical (unpaired) electrons. The van der Waals surface area contributed by atoms with Crippen molar-refractivity contribution in [3.05, 3.63) is 27.2 Å². The Morgan fingerprint density at radius 1 is 1.76 bits per heavy atom. The quantitative estimate of drug-likeness (QED) is 0.620. The van der Waals surface area contributed by atoms with Gasteiger partial charge in [-0.05, 0) is 28.2 Å². The number of nitrogens with zero attached hydrogens (tertiary/aromatic N) is 2. The molecule has 17 heavy (non-hydrogen) atoms. The largest absolute Gasteiger partial charge is 0.383 e. The van der Waals surface area contributed by atoms with Crippen LogP contribution in [0.1, 0.15) is 5.56 Å². The lowest BCUT2D eigenvalue weighted by Crippen LogP contribution is -2.43. The van der Waals surface area contributed by atoms with E-state index in [1.807, 2.05) is 19.4 Å². The SMILES string of the molecule is Cn1cc(C/C(C=N)=C/NC2COC2)c(I)n1. The molecule has 92 valence electrons. The first-order chi connectivity index (χ1) is 8.19. The zero-order valence-electron chi connectivity index (χ0n) is 9.61. The first-order valence-electron chi connectivity index (χ1n) is 5.40. The third-order valence-electron chi connectivity index (χ3n) is 2.58. The van der Waals surface area contributed by atoms with Crippen LogP contribution in [0.2, 0.25) is 0 Å². The lowest BCUT2D eigenvalue weighted by molar-refractivity contribution is 0.000706. The third-order valence-corrected chi connectivity index (χ3v) is 3.48. The van der Waals surface area contributed by atoms with E-state index < -0.39 is 0 Å². The number of halogens is 1. The lowest BCUT2D eigenvalue weighted by Gasteiger charge is -2.26. The van der Waals surface area contributed by atoms with Crippen LogP contribution in [-0.2, 0) is 18.2 Å². The number of hydrogen-bond acceptors (Lipinski definition) is 4. The van der Waals surface area contributed by atoms with Crippen LogP contribution in [0.15, 0.2) is 18.0 Å². The highest BCUT2D eigenvalue weighted by Gasteiger charge is 2.16. The van der Waals surface area contributed by atoms with Gasteiger partial charge in [0.1, 0.15) is 3.70 Å². The zero-order chi connectivity index (χ0) is 12.3.